The molecule has 8 fully saturated rings. The Morgan fingerprint density at radius 3 is 2.78 bits per heavy atom. The first-order valence-electron chi connectivity index (χ1n) is 9.72. The standard InChI is InChI=1S/C20H21FO2/c21-20-16-8-3-1-2-7(8)14-12(16)13-15-9-4-5-10(11(9)17(13)20)23-18(20)19(14,15)6-22/h1-2,6-18H,3-5H2/t7-,8-,9+,10+,11+,12-,13+,14-,15+,16-,17+,18-,19-,20+/m0/s1. The Morgan fingerprint density at radius 1 is 1.04 bits per heavy atom. The Morgan fingerprint density at radius 2 is 1.91 bits per heavy atom. The van der Waals surface area contributed by atoms with Gasteiger partial charge in [-0.2, -0.15) is 0 Å². The van der Waals surface area contributed by atoms with Crippen LogP contribution in [0.1, 0.15) is 19.3 Å². The van der Waals surface area contributed by atoms with Gasteiger partial charge < -0.3 is 9.53 Å². The minimum absolute atomic E-state index is 0.188. The van der Waals surface area contributed by atoms with E-state index in [-0.39, 0.29) is 17.9 Å². The number of carbonyl (C=O) groups excluding carboxylic acids is 1. The summed E-state index contributed by atoms with van der Waals surface area (Å²) < 4.78 is 23.3. The third kappa shape index (κ3) is 0.773. The van der Waals surface area contributed by atoms with Gasteiger partial charge in [-0.3, -0.25) is 0 Å². The van der Waals surface area contributed by atoms with Gasteiger partial charge in [0.1, 0.15) is 18.1 Å². The summed E-state index contributed by atoms with van der Waals surface area (Å²) in [4.78, 5) is 12.6. The lowest BCUT2D eigenvalue weighted by atomic mass is 9.54. The van der Waals surface area contributed by atoms with Gasteiger partial charge in [-0.05, 0) is 66.6 Å². The van der Waals surface area contributed by atoms with Crippen molar-refractivity contribution in [2.45, 2.75) is 37.1 Å². The van der Waals surface area contributed by atoms with Crippen LogP contribution in [0.25, 0.3) is 0 Å². The van der Waals surface area contributed by atoms with E-state index in [1.807, 2.05) is 0 Å². The molecular weight excluding hydrogens is 291 g/mol. The fraction of sp³-hybridized carbons (Fsp3) is 0.850. The first kappa shape index (κ1) is 11.8. The van der Waals surface area contributed by atoms with E-state index in [1.165, 1.54) is 12.7 Å². The van der Waals surface area contributed by atoms with Crippen molar-refractivity contribution in [2.75, 3.05) is 0 Å². The van der Waals surface area contributed by atoms with Gasteiger partial charge in [0, 0.05) is 11.8 Å². The second-order valence-electron chi connectivity index (χ2n) is 9.98. The maximum atomic E-state index is 16.8. The zero-order valence-corrected chi connectivity index (χ0v) is 13.0. The fourth-order valence-electron chi connectivity index (χ4n) is 10.8. The summed E-state index contributed by atoms with van der Waals surface area (Å²) >= 11 is 0. The SMILES string of the molecule is O=C[C@]12[C@@H]3[C@@H]4CC[C@H]5O[C@@H]1[C@]1(F)[C@@H]([C@@H]3[C@@H]3[C@@H]1[C@H]1CC=C[C@@H]1[C@@H]32)[C@H]45. The minimum atomic E-state index is -1.19. The molecule has 0 aromatic rings. The molecule has 8 aliphatic carbocycles. The van der Waals surface area contributed by atoms with Crippen molar-refractivity contribution < 1.29 is 13.9 Å². The molecule has 0 amide bonds. The summed E-state index contributed by atoms with van der Waals surface area (Å²) in [5.41, 5.74) is -1.67. The number of alkyl halides is 1. The number of aldehydes is 1. The third-order valence-corrected chi connectivity index (χ3v) is 10.4. The van der Waals surface area contributed by atoms with E-state index in [1.54, 1.807) is 0 Å². The van der Waals surface area contributed by atoms with Crippen molar-refractivity contribution in [3.63, 3.8) is 0 Å². The molecule has 0 aromatic carbocycles. The Labute approximate surface area is 134 Å². The van der Waals surface area contributed by atoms with Crippen LogP contribution in [0.4, 0.5) is 4.39 Å². The average Bonchev–Trinajstić information content (AvgIpc) is 3.25. The van der Waals surface area contributed by atoms with Crippen LogP contribution in [0.15, 0.2) is 12.2 Å². The van der Waals surface area contributed by atoms with E-state index in [9.17, 15) is 4.79 Å². The molecule has 0 spiro atoms. The molecule has 1 saturated heterocycles. The highest BCUT2D eigenvalue weighted by molar-refractivity contribution is 5.69. The summed E-state index contributed by atoms with van der Waals surface area (Å²) in [6.07, 6.45) is 9.03. The summed E-state index contributed by atoms with van der Waals surface area (Å²) in [6, 6.07) is 0. The number of halogens is 1. The number of fused-ring (bicyclic) bond motifs is 1. The minimum Gasteiger partial charge on any atom is -0.370 e. The fourth-order valence-corrected chi connectivity index (χ4v) is 10.8. The van der Waals surface area contributed by atoms with Crippen LogP contribution in [-0.2, 0) is 9.53 Å². The van der Waals surface area contributed by atoms with Gasteiger partial charge in [0.2, 0.25) is 0 Å². The number of allylic oxidation sites excluding steroid dienone is 2. The van der Waals surface area contributed by atoms with E-state index in [0.29, 0.717) is 47.3 Å². The molecule has 23 heavy (non-hydrogen) atoms. The predicted octanol–water partition coefficient (Wildman–Crippen LogP) is 2.63. The lowest BCUT2D eigenvalue weighted by Gasteiger charge is -2.57. The highest BCUT2D eigenvalue weighted by atomic mass is 19.1. The second-order valence-corrected chi connectivity index (χ2v) is 9.98. The number of rotatable bonds is 1. The maximum absolute atomic E-state index is 16.8. The Hall–Kier alpha value is -0.700. The summed E-state index contributed by atoms with van der Waals surface area (Å²) in [5, 5.41) is 0. The Balaban J connectivity index is 1.51. The zero-order valence-electron chi connectivity index (χ0n) is 13.0. The topological polar surface area (TPSA) is 26.3 Å². The smallest absolute Gasteiger partial charge is 0.144 e. The molecule has 120 valence electrons. The van der Waals surface area contributed by atoms with E-state index in [2.05, 4.69) is 12.2 Å². The average molecular weight is 312 g/mol. The van der Waals surface area contributed by atoms with Crippen LogP contribution >= 0.6 is 0 Å². The molecule has 9 rings (SSSR count). The van der Waals surface area contributed by atoms with Gasteiger partial charge in [0.05, 0.1) is 11.5 Å². The zero-order chi connectivity index (χ0) is 14.9. The third-order valence-electron chi connectivity index (χ3n) is 10.4. The molecule has 0 unspecified atom stereocenters. The Bertz CT molecular complexity index is 714. The van der Waals surface area contributed by atoms with E-state index >= 15 is 4.39 Å². The second kappa shape index (κ2) is 2.98. The van der Waals surface area contributed by atoms with Gasteiger partial charge in [-0.15, -0.1) is 0 Å². The van der Waals surface area contributed by atoms with Crippen LogP contribution in [0, 0.1) is 64.6 Å². The van der Waals surface area contributed by atoms with Crippen LogP contribution in [0.3, 0.4) is 0 Å². The Kier molecular flexibility index (Phi) is 1.53. The first-order chi connectivity index (χ1) is 11.2. The van der Waals surface area contributed by atoms with E-state index < -0.39 is 17.2 Å². The molecular formula is C20H21FO2. The maximum Gasteiger partial charge on any atom is 0.144 e. The number of hydrogen-bond acceptors (Lipinski definition) is 2. The highest BCUT2D eigenvalue weighted by Crippen LogP contribution is 2.90. The van der Waals surface area contributed by atoms with Crippen LogP contribution < -0.4 is 0 Å². The molecule has 2 nitrogen and oxygen atoms in total. The van der Waals surface area contributed by atoms with Crippen LogP contribution in [0.5, 0.6) is 0 Å². The van der Waals surface area contributed by atoms with E-state index in [0.717, 1.165) is 12.8 Å². The molecule has 1 aliphatic heterocycles. The molecule has 14 atom stereocenters. The van der Waals surface area contributed by atoms with Gasteiger partial charge in [0.25, 0.3) is 0 Å². The van der Waals surface area contributed by atoms with Crippen molar-refractivity contribution in [1.29, 1.82) is 0 Å². The lowest BCUT2D eigenvalue weighted by Crippen LogP contribution is -2.67. The summed E-state index contributed by atoms with van der Waals surface area (Å²) in [7, 11) is 0. The van der Waals surface area contributed by atoms with Crippen LogP contribution in [-0.4, -0.2) is 24.2 Å². The van der Waals surface area contributed by atoms with Crippen molar-refractivity contribution in [1.82, 2.24) is 0 Å². The normalized spacial score (nSPS) is 79.2. The van der Waals surface area contributed by atoms with Gasteiger partial charge >= 0.3 is 0 Å². The quantitative estimate of drug-likeness (QED) is 0.549. The van der Waals surface area contributed by atoms with E-state index in [4.69, 9.17) is 4.74 Å². The molecule has 0 radical (unpaired) electrons. The van der Waals surface area contributed by atoms with Crippen molar-refractivity contribution in [3.05, 3.63) is 12.2 Å². The number of carbonyl (C=O) groups is 1. The molecule has 1 heterocycles. The molecule has 7 saturated carbocycles. The molecule has 0 N–H and O–H groups in total. The van der Waals surface area contributed by atoms with Gasteiger partial charge in [-0.25, -0.2) is 4.39 Å². The largest absolute Gasteiger partial charge is 0.370 e. The van der Waals surface area contributed by atoms with Gasteiger partial charge in [-0.1, -0.05) is 12.2 Å². The number of hydrogen-bond donors (Lipinski definition) is 0. The molecule has 9 bridgehead atoms. The molecule has 0 aromatic heterocycles. The monoisotopic (exact) mass is 312 g/mol. The molecule has 9 aliphatic rings. The van der Waals surface area contributed by atoms with Crippen molar-refractivity contribution in [2.24, 2.45) is 64.6 Å². The molecule has 3 heteroatoms. The van der Waals surface area contributed by atoms with Crippen molar-refractivity contribution in [3.8, 4) is 0 Å². The predicted molar refractivity (Wildman–Crippen MR) is 78.9 cm³/mol. The highest BCUT2D eigenvalue weighted by Gasteiger charge is 2.94. The van der Waals surface area contributed by atoms with Crippen LogP contribution in [0.2, 0.25) is 0 Å². The van der Waals surface area contributed by atoms with Crippen molar-refractivity contribution >= 4 is 6.29 Å². The summed E-state index contributed by atoms with van der Waals surface area (Å²) in [6.45, 7) is 0. The summed E-state index contributed by atoms with van der Waals surface area (Å²) in [5.74, 6) is 4.21. The first-order valence-corrected chi connectivity index (χ1v) is 9.72. The number of ether oxygens (including phenoxy) is 1. The van der Waals surface area contributed by atoms with Gasteiger partial charge in [0.15, 0.2) is 0 Å². The lowest BCUT2D eigenvalue weighted by molar-refractivity contribution is -0.251.